The summed E-state index contributed by atoms with van der Waals surface area (Å²) in [6.07, 6.45) is 2.79. The summed E-state index contributed by atoms with van der Waals surface area (Å²) in [6, 6.07) is 6.28. The Morgan fingerprint density at radius 1 is 1.47 bits per heavy atom. The van der Waals surface area contributed by atoms with Gasteiger partial charge in [-0.25, -0.2) is 4.68 Å². The Bertz CT molecular complexity index is 560. The first-order valence-electron chi connectivity index (χ1n) is 5.76. The number of aromatic nitrogens is 2. The highest BCUT2D eigenvalue weighted by Gasteiger charge is 2.12. The van der Waals surface area contributed by atoms with Crippen LogP contribution in [0.15, 0.2) is 24.4 Å². The summed E-state index contributed by atoms with van der Waals surface area (Å²) in [6.45, 7) is 3.48. The predicted molar refractivity (Wildman–Crippen MR) is 66.1 cm³/mol. The summed E-state index contributed by atoms with van der Waals surface area (Å²) in [5.41, 5.74) is 9.46. The molecule has 2 N–H and O–H groups in total. The van der Waals surface area contributed by atoms with Crippen LogP contribution in [0.1, 0.15) is 16.7 Å². The number of nitrogen functional groups attached to an aromatic ring is 1. The molecule has 0 saturated heterocycles. The van der Waals surface area contributed by atoms with Gasteiger partial charge in [-0.2, -0.15) is 5.10 Å². The molecule has 0 fully saturated rings. The molecule has 88 valence electrons. The largest absolute Gasteiger partial charge is 0.493 e. The lowest BCUT2D eigenvalue weighted by atomic mass is 10.1. The van der Waals surface area contributed by atoms with Gasteiger partial charge in [0.15, 0.2) is 0 Å². The first-order chi connectivity index (χ1) is 8.24. The predicted octanol–water partition coefficient (Wildman–Crippen LogP) is 1.76. The Hall–Kier alpha value is -1.97. The van der Waals surface area contributed by atoms with Crippen LogP contribution in [0.3, 0.4) is 0 Å². The number of hydrogen-bond donors (Lipinski definition) is 1. The molecule has 1 aromatic carbocycles. The highest BCUT2D eigenvalue weighted by Crippen LogP contribution is 2.26. The van der Waals surface area contributed by atoms with Crippen molar-refractivity contribution in [2.45, 2.75) is 19.9 Å². The van der Waals surface area contributed by atoms with Crippen LogP contribution in [0.5, 0.6) is 5.75 Å². The lowest BCUT2D eigenvalue weighted by Gasteiger charge is -2.06. The number of ether oxygens (including phenoxy) is 1. The van der Waals surface area contributed by atoms with Crippen LogP contribution in [0.4, 0.5) is 5.82 Å². The van der Waals surface area contributed by atoms with Crippen molar-refractivity contribution in [2.24, 2.45) is 0 Å². The molecular weight excluding hydrogens is 214 g/mol. The molecule has 0 unspecified atom stereocenters. The van der Waals surface area contributed by atoms with Gasteiger partial charge in [-0.3, -0.25) is 0 Å². The van der Waals surface area contributed by atoms with Crippen LogP contribution >= 0.6 is 0 Å². The monoisotopic (exact) mass is 229 g/mol. The van der Waals surface area contributed by atoms with E-state index in [4.69, 9.17) is 10.5 Å². The lowest BCUT2D eigenvalue weighted by Crippen LogP contribution is -2.06. The van der Waals surface area contributed by atoms with E-state index in [0.29, 0.717) is 6.54 Å². The van der Waals surface area contributed by atoms with Gasteiger partial charge in [-0.15, -0.1) is 0 Å². The van der Waals surface area contributed by atoms with Crippen LogP contribution < -0.4 is 10.5 Å². The Morgan fingerprint density at radius 3 is 3.12 bits per heavy atom. The number of nitrogens with zero attached hydrogens (tertiary/aromatic N) is 2. The van der Waals surface area contributed by atoms with Crippen LogP contribution in [-0.4, -0.2) is 16.4 Å². The maximum Gasteiger partial charge on any atom is 0.124 e. The molecule has 0 bridgehead atoms. The van der Waals surface area contributed by atoms with Crippen molar-refractivity contribution in [1.82, 2.24) is 9.78 Å². The number of hydrogen-bond acceptors (Lipinski definition) is 3. The zero-order valence-electron chi connectivity index (χ0n) is 9.81. The minimum Gasteiger partial charge on any atom is -0.493 e. The summed E-state index contributed by atoms with van der Waals surface area (Å²) >= 11 is 0. The third-order valence-corrected chi connectivity index (χ3v) is 3.16. The van der Waals surface area contributed by atoms with E-state index in [2.05, 4.69) is 17.2 Å². The van der Waals surface area contributed by atoms with Gasteiger partial charge in [0.25, 0.3) is 0 Å². The van der Waals surface area contributed by atoms with E-state index in [9.17, 15) is 0 Å². The number of aryl methyl sites for hydroxylation is 1. The SMILES string of the molecule is Cc1cnn(Cc2ccc3c(c2)CCO3)c1N. The maximum absolute atomic E-state index is 5.94. The van der Waals surface area contributed by atoms with Crippen LogP contribution in [0, 0.1) is 6.92 Å². The van der Waals surface area contributed by atoms with Gasteiger partial charge in [0.1, 0.15) is 11.6 Å². The summed E-state index contributed by atoms with van der Waals surface area (Å²) in [7, 11) is 0. The number of benzene rings is 1. The van der Waals surface area contributed by atoms with Gasteiger partial charge in [0, 0.05) is 12.0 Å². The Kier molecular flexibility index (Phi) is 2.28. The molecule has 2 aromatic rings. The average molecular weight is 229 g/mol. The van der Waals surface area contributed by atoms with Crippen molar-refractivity contribution in [3.63, 3.8) is 0 Å². The average Bonchev–Trinajstić information content (AvgIpc) is 2.90. The van der Waals surface area contributed by atoms with E-state index in [-0.39, 0.29) is 0 Å². The van der Waals surface area contributed by atoms with E-state index in [0.717, 1.165) is 30.2 Å². The molecule has 1 aromatic heterocycles. The Balaban J connectivity index is 1.88. The zero-order chi connectivity index (χ0) is 11.8. The summed E-state index contributed by atoms with van der Waals surface area (Å²) in [5.74, 6) is 1.75. The van der Waals surface area contributed by atoms with E-state index in [1.807, 2.05) is 17.7 Å². The number of rotatable bonds is 2. The molecule has 1 aliphatic heterocycles. The van der Waals surface area contributed by atoms with Crippen molar-refractivity contribution in [3.8, 4) is 5.75 Å². The molecule has 0 aliphatic carbocycles. The second kappa shape index (κ2) is 3.80. The Morgan fingerprint density at radius 2 is 2.35 bits per heavy atom. The quantitative estimate of drug-likeness (QED) is 0.853. The van der Waals surface area contributed by atoms with Gasteiger partial charge in [-0.05, 0) is 24.1 Å². The Labute approximate surface area is 100 Å². The molecule has 0 spiro atoms. The molecule has 17 heavy (non-hydrogen) atoms. The molecule has 2 heterocycles. The summed E-state index contributed by atoms with van der Waals surface area (Å²) in [4.78, 5) is 0. The van der Waals surface area contributed by atoms with Crippen LogP contribution in [0.2, 0.25) is 0 Å². The molecule has 3 rings (SSSR count). The number of fused-ring (bicyclic) bond motifs is 1. The van der Waals surface area contributed by atoms with Crippen molar-refractivity contribution in [2.75, 3.05) is 12.3 Å². The highest BCUT2D eigenvalue weighted by atomic mass is 16.5. The van der Waals surface area contributed by atoms with Crippen LogP contribution in [0.25, 0.3) is 0 Å². The third kappa shape index (κ3) is 1.75. The highest BCUT2D eigenvalue weighted by molar-refractivity contribution is 5.41. The molecule has 0 atom stereocenters. The minimum atomic E-state index is 0.715. The molecular formula is C13H15N3O. The van der Waals surface area contributed by atoms with Gasteiger partial charge in [-0.1, -0.05) is 12.1 Å². The normalized spacial score (nSPS) is 13.5. The van der Waals surface area contributed by atoms with Gasteiger partial charge >= 0.3 is 0 Å². The molecule has 4 nitrogen and oxygen atoms in total. The maximum atomic E-state index is 5.94. The topological polar surface area (TPSA) is 53.1 Å². The number of anilines is 1. The molecule has 1 aliphatic rings. The fourth-order valence-corrected chi connectivity index (χ4v) is 2.13. The minimum absolute atomic E-state index is 0.715. The summed E-state index contributed by atoms with van der Waals surface area (Å²) in [5, 5.41) is 4.26. The molecule has 0 saturated carbocycles. The van der Waals surface area contributed by atoms with Crippen molar-refractivity contribution in [1.29, 1.82) is 0 Å². The van der Waals surface area contributed by atoms with Crippen molar-refractivity contribution < 1.29 is 4.74 Å². The zero-order valence-corrected chi connectivity index (χ0v) is 9.81. The molecule has 4 heteroatoms. The third-order valence-electron chi connectivity index (χ3n) is 3.16. The second-order valence-electron chi connectivity index (χ2n) is 4.41. The number of nitrogens with two attached hydrogens (primary N) is 1. The van der Waals surface area contributed by atoms with E-state index >= 15 is 0 Å². The fourth-order valence-electron chi connectivity index (χ4n) is 2.13. The first kappa shape index (κ1) is 10.2. The van der Waals surface area contributed by atoms with Crippen molar-refractivity contribution in [3.05, 3.63) is 41.1 Å². The van der Waals surface area contributed by atoms with E-state index < -0.39 is 0 Å². The van der Waals surface area contributed by atoms with Crippen molar-refractivity contribution >= 4 is 5.82 Å². The first-order valence-corrected chi connectivity index (χ1v) is 5.76. The second-order valence-corrected chi connectivity index (χ2v) is 4.41. The van der Waals surface area contributed by atoms with Gasteiger partial charge in [0.05, 0.1) is 19.3 Å². The smallest absolute Gasteiger partial charge is 0.124 e. The van der Waals surface area contributed by atoms with Gasteiger partial charge < -0.3 is 10.5 Å². The fraction of sp³-hybridized carbons (Fsp3) is 0.308. The molecule has 0 radical (unpaired) electrons. The molecule has 0 amide bonds. The summed E-state index contributed by atoms with van der Waals surface area (Å²) < 4.78 is 7.31. The van der Waals surface area contributed by atoms with Crippen LogP contribution in [-0.2, 0) is 13.0 Å². The van der Waals surface area contributed by atoms with E-state index in [1.54, 1.807) is 6.20 Å². The lowest BCUT2D eigenvalue weighted by molar-refractivity contribution is 0.357. The van der Waals surface area contributed by atoms with E-state index in [1.165, 1.54) is 11.1 Å². The standard InChI is InChI=1S/C13H15N3O/c1-9-7-15-16(13(9)14)8-10-2-3-12-11(6-10)4-5-17-12/h2-3,6-7H,4-5,8,14H2,1H3. The van der Waals surface area contributed by atoms with Gasteiger partial charge in [0.2, 0.25) is 0 Å².